The van der Waals surface area contributed by atoms with Crippen molar-refractivity contribution in [2.45, 2.75) is 39.3 Å². The third-order valence-electron chi connectivity index (χ3n) is 5.09. The summed E-state index contributed by atoms with van der Waals surface area (Å²) in [6.07, 6.45) is 1.03. The average Bonchev–Trinajstić information content (AvgIpc) is 2.63. The molecule has 2 atom stereocenters. The van der Waals surface area contributed by atoms with E-state index in [-0.39, 0.29) is 17.6 Å². The highest BCUT2D eigenvalue weighted by atomic mass is 16.5. The molecule has 140 valence electrons. The molecular formula is C20H28N3O3+. The van der Waals surface area contributed by atoms with Crippen LogP contribution in [0.4, 0.5) is 0 Å². The van der Waals surface area contributed by atoms with Crippen molar-refractivity contribution >= 4 is 0 Å². The molecule has 1 aromatic heterocycles. The normalized spacial score (nSPS) is 17.8. The van der Waals surface area contributed by atoms with E-state index >= 15 is 0 Å². The van der Waals surface area contributed by atoms with Gasteiger partial charge in [0.25, 0.3) is 5.56 Å². The van der Waals surface area contributed by atoms with Crippen LogP contribution in [0.5, 0.6) is 5.75 Å². The topological polar surface area (TPSA) is 79.6 Å². The lowest BCUT2D eigenvalue weighted by molar-refractivity contribution is -0.919. The molecule has 1 aliphatic heterocycles. The van der Waals surface area contributed by atoms with Crippen molar-refractivity contribution in [2.24, 2.45) is 5.92 Å². The lowest BCUT2D eigenvalue weighted by Gasteiger charge is -2.27. The highest BCUT2D eigenvalue weighted by Gasteiger charge is 2.26. The Bertz CT molecular complexity index is 799. The van der Waals surface area contributed by atoms with Crippen molar-refractivity contribution in [2.75, 3.05) is 20.2 Å². The Morgan fingerprint density at radius 2 is 2.04 bits per heavy atom. The molecule has 0 fully saturated rings. The molecule has 0 saturated heterocycles. The molecule has 0 saturated carbocycles. The van der Waals surface area contributed by atoms with Crippen molar-refractivity contribution in [3.63, 3.8) is 0 Å². The van der Waals surface area contributed by atoms with Crippen LogP contribution >= 0.6 is 0 Å². The molecule has 0 amide bonds. The van der Waals surface area contributed by atoms with Crippen LogP contribution < -0.4 is 15.2 Å². The Morgan fingerprint density at radius 3 is 2.69 bits per heavy atom. The maximum atomic E-state index is 12.5. The van der Waals surface area contributed by atoms with Gasteiger partial charge >= 0.3 is 0 Å². The van der Waals surface area contributed by atoms with Crippen molar-refractivity contribution in [3.05, 3.63) is 57.3 Å². The lowest BCUT2D eigenvalue weighted by atomic mass is 10.0. The molecule has 1 aliphatic rings. The third kappa shape index (κ3) is 4.31. The first-order valence-electron chi connectivity index (χ1n) is 9.21. The fraction of sp³-hybridized carbons (Fsp3) is 0.500. The number of hydrogen-bond donors (Lipinski definition) is 3. The van der Waals surface area contributed by atoms with E-state index in [1.807, 2.05) is 38.1 Å². The summed E-state index contributed by atoms with van der Waals surface area (Å²) in [5, 5.41) is 10.1. The largest absolute Gasteiger partial charge is 0.497 e. The standard InChI is InChI=1S/C20H27N3O3/c1-13(2)18(24)12-23-9-8-17-16(11-23)20(25)22-19(21-17)10-14-4-6-15(26-3)7-5-14/h4-7,13,18,24H,8-12H2,1-3H3,(H,21,22,25)/p+1/t18-/m0/s1. The molecule has 26 heavy (non-hydrogen) atoms. The van der Waals surface area contributed by atoms with Gasteiger partial charge in [-0.05, 0) is 23.6 Å². The number of quaternary nitrogens is 1. The minimum Gasteiger partial charge on any atom is -0.497 e. The van der Waals surface area contributed by atoms with Crippen LogP contribution in [0.3, 0.4) is 0 Å². The van der Waals surface area contributed by atoms with Gasteiger partial charge in [0, 0.05) is 12.8 Å². The van der Waals surface area contributed by atoms with E-state index in [0.29, 0.717) is 25.3 Å². The Balaban J connectivity index is 1.73. The number of nitrogens with zero attached hydrogens (tertiary/aromatic N) is 1. The highest BCUT2D eigenvalue weighted by Crippen LogP contribution is 2.14. The number of aromatic nitrogens is 2. The van der Waals surface area contributed by atoms with E-state index in [0.717, 1.165) is 35.5 Å². The van der Waals surface area contributed by atoms with Crippen molar-refractivity contribution < 1.29 is 14.7 Å². The van der Waals surface area contributed by atoms with Crippen LogP contribution in [0.25, 0.3) is 0 Å². The molecule has 0 aliphatic carbocycles. The number of aromatic amines is 1. The van der Waals surface area contributed by atoms with E-state index in [1.54, 1.807) is 7.11 Å². The van der Waals surface area contributed by atoms with Crippen LogP contribution in [0.2, 0.25) is 0 Å². The molecule has 6 heteroatoms. The Hall–Kier alpha value is -2.18. The number of ether oxygens (including phenoxy) is 1. The number of nitrogens with one attached hydrogen (secondary N) is 2. The summed E-state index contributed by atoms with van der Waals surface area (Å²) in [6.45, 7) is 6.23. The predicted octanol–water partition coefficient (Wildman–Crippen LogP) is 0.327. The summed E-state index contributed by atoms with van der Waals surface area (Å²) in [4.78, 5) is 21.4. The first kappa shape index (κ1) is 18.6. The van der Waals surface area contributed by atoms with Gasteiger partial charge in [-0.3, -0.25) is 4.79 Å². The molecule has 1 unspecified atom stereocenters. The maximum absolute atomic E-state index is 12.5. The molecule has 3 rings (SSSR count). The smallest absolute Gasteiger partial charge is 0.260 e. The second-order valence-electron chi connectivity index (χ2n) is 7.40. The maximum Gasteiger partial charge on any atom is 0.260 e. The van der Waals surface area contributed by atoms with Gasteiger partial charge in [-0.25, -0.2) is 4.98 Å². The number of H-pyrrole nitrogens is 1. The number of aliphatic hydroxyl groups is 1. The van der Waals surface area contributed by atoms with Gasteiger partial charge in [-0.15, -0.1) is 0 Å². The Morgan fingerprint density at radius 1 is 1.31 bits per heavy atom. The summed E-state index contributed by atoms with van der Waals surface area (Å²) < 4.78 is 5.17. The zero-order valence-electron chi connectivity index (χ0n) is 15.7. The first-order chi connectivity index (χ1) is 12.5. The summed E-state index contributed by atoms with van der Waals surface area (Å²) in [6, 6.07) is 7.79. The number of methoxy groups -OCH3 is 1. The van der Waals surface area contributed by atoms with Crippen LogP contribution in [-0.2, 0) is 19.4 Å². The van der Waals surface area contributed by atoms with Gasteiger partial charge in [0.05, 0.1) is 24.9 Å². The monoisotopic (exact) mass is 358 g/mol. The Kier molecular flexibility index (Phi) is 5.74. The van der Waals surface area contributed by atoms with E-state index in [9.17, 15) is 9.90 Å². The molecule has 6 nitrogen and oxygen atoms in total. The highest BCUT2D eigenvalue weighted by molar-refractivity contribution is 5.29. The second-order valence-corrected chi connectivity index (χ2v) is 7.40. The third-order valence-corrected chi connectivity index (χ3v) is 5.09. The van der Waals surface area contributed by atoms with E-state index in [2.05, 4.69) is 4.98 Å². The molecule has 0 spiro atoms. The number of aliphatic hydroxyl groups excluding tert-OH is 1. The summed E-state index contributed by atoms with van der Waals surface area (Å²) in [5.74, 6) is 1.74. The lowest BCUT2D eigenvalue weighted by Crippen LogP contribution is -3.13. The minimum absolute atomic E-state index is 0.0465. The van der Waals surface area contributed by atoms with Crippen molar-refractivity contribution in [3.8, 4) is 5.75 Å². The van der Waals surface area contributed by atoms with E-state index < -0.39 is 0 Å². The minimum atomic E-state index is -0.340. The number of benzene rings is 1. The molecule has 2 heterocycles. The van der Waals surface area contributed by atoms with Crippen LogP contribution in [-0.4, -0.2) is 41.4 Å². The van der Waals surface area contributed by atoms with Gasteiger partial charge in [0.2, 0.25) is 0 Å². The molecular weight excluding hydrogens is 330 g/mol. The number of rotatable bonds is 6. The number of hydrogen-bond acceptors (Lipinski definition) is 4. The zero-order chi connectivity index (χ0) is 18.7. The summed E-state index contributed by atoms with van der Waals surface area (Å²) >= 11 is 0. The molecule has 0 radical (unpaired) electrons. The fourth-order valence-electron chi connectivity index (χ4n) is 3.34. The number of fused-ring (bicyclic) bond motifs is 1. The quantitative estimate of drug-likeness (QED) is 0.695. The fourth-order valence-corrected chi connectivity index (χ4v) is 3.34. The van der Waals surface area contributed by atoms with Gasteiger partial charge in [0.1, 0.15) is 30.8 Å². The van der Waals surface area contributed by atoms with Crippen LogP contribution in [0.1, 0.15) is 36.5 Å². The van der Waals surface area contributed by atoms with Gasteiger partial charge in [0.15, 0.2) is 0 Å². The van der Waals surface area contributed by atoms with E-state index in [1.165, 1.54) is 4.90 Å². The van der Waals surface area contributed by atoms with Gasteiger partial charge in [-0.2, -0.15) is 0 Å². The van der Waals surface area contributed by atoms with Gasteiger partial charge < -0.3 is 19.7 Å². The predicted molar refractivity (Wildman–Crippen MR) is 99.6 cm³/mol. The van der Waals surface area contributed by atoms with Crippen molar-refractivity contribution in [1.82, 2.24) is 9.97 Å². The zero-order valence-corrected chi connectivity index (χ0v) is 15.7. The van der Waals surface area contributed by atoms with Gasteiger partial charge in [-0.1, -0.05) is 26.0 Å². The molecule has 3 N–H and O–H groups in total. The molecule has 2 aromatic rings. The first-order valence-corrected chi connectivity index (χ1v) is 9.21. The van der Waals surface area contributed by atoms with Crippen LogP contribution in [0, 0.1) is 5.92 Å². The molecule has 0 bridgehead atoms. The van der Waals surface area contributed by atoms with Crippen molar-refractivity contribution in [1.29, 1.82) is 0 Å². The SMILES string of the molecule is COc1ccc(Cc2nc3c(c(=O)[nH]2)C[NH+](C[C@H](O)C(C)C)CC3)cc1. The molecule has 1 aromatic carbocycles. The summed E-state index contributed by atoms with van der Waals surface area (Å²) in [5.41, 5.74) is 2.70. The summed E-state index contributed by atoms with van der Waals surface area (Å²) in [7, 11) is 1.64. The average molecular weight is 358 g/mol. The van der Waals surface area contributed by atoms with E-state index in [4.69, 9.17) is 9.72 Å². The second kappa shape index (κ2) is 8.01. The Labute approximate surface area is 153 Å². The van der Waals surface area contributed by atoms with Crippen LogP contribution in [0.15, 0.2) is 29.1 Å².